The number of amides is 1. The van der Waals surface area contributed by atoms with E-state index in [1.54, 1.807) is 4.90 Å². The van der Waals surface area contributed by atoms with Gasteiger partial charge < -0.3 is 10.6 Å². The molecule has 0 fully saturated rings. The van der Waals surface area contributed by atoms with Gasteiger partial charge in [-0.1, -0.05) is 17.7 Å². The topological polar surface area (TPSA) is 70.1 Å². The fourth-order valence-corrected chi connectivity index (χ4v) is 2.29. The Kier molecular flexibility index (Phi) is 3.12. The van der Waals surface area contributed by atoms with E-state index in [0.29, 0.717) is 13.1 Å². The largest absolute Gasteiger partial charge is 0.329 e. The number of rotatable bonds is 3. The summed E-state index contributed by atoms with van der Waals surface area (Å²) in [6.07, 6.45) is 0.232. The first-order chi connectivity index (χ1) is 8.19. The minimum absolute atomic E-state index is 0.00222. The van der Waals surface area contributed by atoms with Crippen molar-refractivity contribution in [3.8, 4) is 6.07 Å². The van der Waals surface area contributed by atoms with Crippen LogP contribution in [0.15, 0.2) is 18.2 Å². The molecule has 1 aromatic carbocycles. The lowest BCUT2D eigenvalue weighted by molar-refractivity contribution is -0.119. The maximum atomic E-state index is 12.2. The predicted octanol–water partition coefficient (Wildman–Crippen LogP) is 1.30. The van der Waals surface area contributed by atoms with Crippen LogP contribution in [0.3, 0.4) is 0 Å². The molecule has 0 aromatic heterocycles. The average molecular weight is 229 g/mol. The van der Waals surface area contributed by atoms with E-state index in [1.807, 2.05) is 25.1 Å². The number of carbonyl (C=O) groups is 1. The van der Waals surface area contributed by atoms with Crippen LogP contribution in [0.2, 0.25) is 0 Å². The normalized spacial score (nSPS) is 18.1. The molecule has 2 N–H and O–H groups in total. The van der Waals surface area contributed by atoms with Gasteiger partial charge in [-0.25, -0.2) is 0 Å². The average Bonchev–Trinajstić information content (AvgIpc) is 2.55. The second-order valence-electron chi connectivity index (χ2n) is 4.26. The first kappa shape index (κ1) is 11.6. The Morgan fingerprint density at radius 3 is 2.94 bits per heavy atom. The number of hydrogen-bond acceptors (Lipinski definition) is 3. The second-order valence-corrected chi connectivity index (χ2v) is 4.26. The Morgan fingerprint density at radius 1 is 1.53 bits per heavy atom. The Bertz CT molecular complexity index is 490. The van der Waals surface area contributed by atoms with Crippen molar-refractivity contribution in [3.63, 3.8) is 0 Å². The summed E-state index contributed by atoms with van der Waals surface area (Å²) in [6.45, 7) is 2.93. The maximum Gasteiger partial charge on any atom is 0.235 e. The minimum Gasteiger partial charge on any atom is -0.329 e. The summed E-state index contributed by atoms with van der Waals surface area (Å²) in [7, 11) is 0. The number of hydrogen-bond donors (Lipinski definition) is 1. The molecule has 0 aliphatic carbocycles. The number of fused-ring (bicyclic) bond motifs is 1. The molecule has 17 heavy (non-hydrogen) atoms. The Morgan fingerprint density at radius 2 is 2.29 bits per heavy atom. The number of nitriles is 1. The van der Waals surface area contributed by atoms with E-state index in [0.717, 1.165) is 16.8 Å². The summed E-state index contributed by atoms with van der Waals surface area (Å²) in [6, 6.07) is 7.99. The number of aryl methyl sites for hydroxylation is 1. The highest BCUT2D eigenvalue weighted by molar-refractivity contribution is 6.05. The lowest BCUT2D eigenvalue weighted by Gasteiger charge is -2.16. The van der Waals surface area contributed by atoms with E-state index in [4.69, 9.17) is 11.0 Å². The van der Waals surface area contributed by atoms with Crippen molar-refractivity contribution in [1.29, 1.82) is 5.26 Å². The fourth-order valence-electron chi connectivity index (χ4n) is 2.29. The molecular weight excluding hydrogens is 214 g/mol. The second kappa shape index (κ2) is 4.56. The van der Waals surface area contributed by atoms with Gasteiger partial charge >= 0.3 is 0 Å². The van der Waals surface area contributed by atoms with E-state index >= 15 is 0 Å². The highest BCUT2D eigenvalue weighted by atomic mass is 16.2. The van der Waals surface area contributed by atoms with Crippen molar-refractivity contribution in [2.45, 2.75) is 19.3 Å². The molecule has 1 aliphatic heterocycles. The third-order valence-electron chi connectivity index (χ3n) is 3.06. The Hall–Kier alpha value is -1.86. The summed E-state index contributed by atoms with van der Waals surface area (Å²) in [5.41, 5.74) is 8.50. The first-order valence-electron chi connectivity index (χ1n) is 5.68. The molecule has 1 aromatic rings. The molecule has 0 saturated heterocycles. The van der Waals surface area contributed by atoms with Gasteiger partial charge in [0.05, 0.1) is 18.4 Å². The molecule has 4 heteroatoms. The lowest BCUT2D eigenvalue weighted by atomic mass is 9.96. The van der Waals surface area contributed by atoms with Crippen molar-refractivity contribution in [2.24, 2.45) is 5.73 Å². The molecule has 1 atom stereocenters. The van der Waals surface area contributed by atoms with Gasteiger partial charge in [-0.15, -0.1) is 0 Å². The number of benzene rings is 1. The van der Waals surface area contributed by atoms with Crippen LogP contribution in [0.4, 0.5) is 5.69 Å². The molecule has 0 saturated carbocycles. The van der Waals surface area contributed by atoms with Crippen LogP contribution in [0.25, 0.3) is 0 Å². The molecule has 0 unspecified atom stereocenters. The van der Waals surface area contributed by atoms with Crippen molar-refractivity contribution >= 4 is 11.6 Å². The van der Waals surface area contributed by atoms with Gasteiger partial charge in [0.15, 0.2) is 0 Å². The third-order valence-corrected chi connectivity index (χ3v) is 3.06. The van der Waals surface area contributed by atoms with Crippen molar-refractivity contribution in [1.82, 2.24) is 0 Å². The third kappa shape index (κ3) is 1.90. The zero-order valence-electron chi connectivity index (χ0n) is 9.81. The van der Waals surface area contributed by atoms with Crippen LogP contribution in [0.5, 0.6) is 0 Å². The standard InChI is InChI=1S/C13H15N3O/c1-9-2-3-12-11(8-9)10(4-5-14)13(17)16(12)7-6-15/h2-3,8,10H,4,6-7,15H2,1H3/t10-/m0/s1. The van der Waals surface area contributed by atoms with E-state index in [2.05, 4.69) is 6.07 Å². The van der Waals surface area contributed by atoms with Crippen molar-refractivity contribution < 1.29 is 4.79 Å². The smallest absolute Gasteiger partial charge is 0.235 e. The summed E-state index contributed by atoms with van der Waals surface area (Å²) in [5, 5.41) is 8.81. The van der Waals surface area contributed by atoms with Crippen LogP contribution >= 0.6 is 0 Å². The van der Waals surface area contributed by atoms with Gasteiger partial charge in [0.2, 0.25) is 5.91 Å². The van der Waals surface area contributed by atoms with E-state index in [1.165, 1.54) is 0 Å². The Balaban J connectivity index is 2.46. The van der Waals surface area contributed by atoms with Gasteiger partial charge in [0, 0.05) is 18.8 Å². The molecule has 0 spiro atoms. The molecular formula is C13H15N3O. The van der Waals surface area contributed by atoms with Gasteiger partial charge in [0.1, 0.15) is 0 Å². The predicted molar refractivity (Wildman–Crippen MR) is 65.6 cm³/mol. The van der Waals surface area contributed by atoms with E-state index in [9.17, 15) is 4.79 Å². The summed E-state index contributed by atoms with van der Waals surface area (Å²) >= 11 is 0. The van der Waals surface area contributed by atoms with Crippen LogP contribution in [0.1, 0.15) is 23.5 Å². The van der Waals surface area contributed by atoms with Crippen LogP contribution in [0, 0.1) is 18.3 Å². The summed E-state index contributed by atoms with van der Waals surface area (Å²) in [5.74, 6) is -0.320. The monoisotopic (exact) mass is 229 g/mol. The fraction of sp³-hybridized carbons (Fsp3) is 0.385. The molecule has 0 bridgehead atoms. The SMILES string of the molecule is Cc1ccc2c(c1)[C@H](CC#N)C(=O)N2CCN. The summed E-state index contributed by atoms with van der Waals surface area (Å²) in [4.78, 5) is 13.9. The number of nitrogens with zero attached hydrogens (tertiary/aromatic N) is 2. The van der Waals surface area contributed by atoms with Gasteiger partial charge in [-0.2, -0.15) is 5.26 Å². The molecule has 88 valence electrons. The van der Waals surface area contributed by atoms with E-state index in [-0.39, 0.29) is 18.2 Å². The zero-order chi connectivity index (χ0) is 12.4. The minimum atomic E-state index is -0.318. The highest BCUT2D eigenvalue weighted by Gasteiger charge is 2.36. The molecule has 1 aliphatic rings. The zero-order valence-corrected chi connectivity index (χ0v) is 9.81. The summed E-state index contributed by atoms with van der Waals surface area (Å²) < 4.78 is 0. The maximum absolute atomic E-state index is 12.2. The highest BCUT2D eigenvalue weighted by Crippen LogP contribution is 2.39. The lowest BCUT2D eigenvalue weighted by Crippen LogP contribution is -2.33. The van der Waals surface area contributed by atoms with Crippen LogP contribution in [-0.2, 0) is 4.79 Å². The van der Waals surface area contributed by atoms with E-state index < -0.39 is 0 Å². The molecule has 1 amide bonds. The van der Waals surface area contributed by atoms with Crippen LogP contribution in [-0.4, -0.2) is 19.0 Å². The van der Waals surface area contributed by atoms with Crippen molar-refractivity contribution in [3.05, 3.63) is 29.3 Å². The van der Waals surface area contributed by atoms with Gasteiger partial charge in [-0.05, 0) is 18.6 Å². The Labute approximate surface area is 101 Å². The molecule has 1 heterocycles. The number of nitrogens with two attached hydrogens (primary N) is 1. The van der Waals surface area contributed by atoms with Crippen molar-refractivity contribution in [2.75, 3.05) is 18.0 Å². The van der Waals surface area contributed by atoms with Crippen LogP contribution < -0.4 is 10.6 Å². The number of carbonyl (C=O) groups excluding carboxylic acids is 1. The molecule has 2 rings (SSSR count). The van der Waals surface area contributed by atoms with Gasteiger partial charge in [0.25, 0.3) is 0 Å². The molecule has 0 radical (unpaired) electrons. The quantitative estimate of drug-likeness (QED) is 0.849. The van der Waals surface area contributed by atoms with Gasteiger partial charge in [-0.3, -0.25) is 4.79 Å². The molecule has 4 nitrogen and oxygen atoms in total. The first-order valence-corrected chi connectivity index (χ1v) is 5.68. The number of anilines is 1.